The summed E-state index contributed by atoms with van der Waals surface area (Å²) in [6.07, 6.45) is 0. The maximum Gasteiger partial charge on any atom is 0.272 e. The van der Waals surface area contributed by atoms with E-state index in [1.807, 2.05) is 48.5 Å². The molecule has 2 aromatic heterocycles. The Balaban J connectivity index is 1.71. The molecule has 1 amide bonds. The van der Waals surface area contributed by atoms with Gasteiger partial charge in [-0.05, 0) is 50.6 Å². The molecular formula is C22H20N4O2. The largest absolute Gasteiger partial charge is 0.354 e. The minimum atomic E-state index is -0.295. The summed E-state index contributed by atoms with van der Waals surface area (Å²) in [5.41, 5.74) is 5.53. The molecule has 0 aliphatic rings. The quantitative estimate of drug-likeness (QED) is 0.456. The standard InChI is InChI=1S/C22H20N4O2/c1-12-19(14(3)27)13(2)23-20(12)22(28)26-16-9-5-4-8-15(16)21-24-17-10-6-7-11-18(17)25-21/h4-11,23H,1-3H3,(H,24,25)(H,26,28). The number of hydrogen-bond acceptors (Lipinski definition) is 3. The number of nitrogens with one attached hydrogen (secondary N) is 3. The van der Waals surface area contributed by atoms with Gasteiger partial charge in [0.15, 0.2) is 5.78 Å². The highest BCUT2D eigenvalue weighted by molar-refractivity contribution is 6.08. The molecule has 6 heteroatoms. The second kappa shape index (κ2) is 6.81. The predicted molar refractivity (Wildman–Crippen MR) is 110 cm³/mol. The van der Waals surface area contributed by atoms with Gasteiger partial charge in [0.25, 0.3) is 5.91 Å². The highest BCUT2D eigenvalue weighted by Gasteiger charge is 2.21. The van der Waals surface area contributed by atoms with Crippen molar-refractivity contribution in [2.45, 2.75) is 20.8 Å². The second-order valence-electron chi connectivity index (χ2n) is 6.78. The lowest BCUT2D eigenvalue weighted by molar-refractivity contribution is 0.101. The maximum atomic E-state index is 12.9. The van der Waals surface area contributed by atoms with Crippen LogP contribution in [0.25, 0.3) is 22.4 Å². The number of ketones is 1. The number of aromatic amines is 2. The number of nitrogens with zero attached hydrogens (tertiary/aromatic N) is 1. The number of para-hydroxylation sites is 3. The molecule has 2 heterocycles. The van der Waals surface area contributed by atoms with E-state index in [0.717, 1.165) is 16.6 Å². The summed E-state index contributed by atoms with van der Waals surface area (Å²) in [5.74, 6) is 0.325. The number of Topliss-reactive ketones (excluding diaryl/α,β-unsaturated/α-hetero) is 1. The van der Waals surface area contributed by atoms with Crippen LogP contribution in [0.4, 0.5) is 5.69 Å². The van der Waals surface area contributed by atoms with E-state index in [0.29, 0.717) is 34.0 Å². The van der Waals surface area contributed by atoms with Gasteiger partial charge in [0.05, 0.1) is 16.7 Å². The van der Waals surface area contributed by atoms with Crippen molar-refractivity contribution < 1.29 is 9.59 Å². The van der Waals surface area contributed by atoms with Crippen molar-refractivity contribution in [3.05, 3.63) is 71.0 Å². The maximum absolute atomic E-state index is 12.9. The highest BCUT2D eigenvalue weighted by Crippen LogP contribution is 2.28. The first-order valence-corrected chi connectivity index (χ1v) is 9.01. The monoisotopic (exact) mass is 372 g/mol. The second-order valence-corrected chi connectivity index (χ2v) is 6.78. The van der Waals surface area contributed by atoms with Crippen molar-refractivity contribution in [2.75, 3.05) is 5.32 Å². The van der Waals surface area contributed by atoms with Crippen LogP contribution in [0, 0.1) is 13.8 Å². The van der Waals surface area contributed by atoms with Crippen LogP contribution in [0.15, 0.2) is 48.5 Å². The number of aromatic nitrogens is 3. The summed E-state index contributed by atoms with van der Waals surface area (Å²) in [6, 6.07) is 15.3. The van der Waals surface area contributed by atoms with E-state index < -0.39 is 0 Å². The molecule has 4 rings (SSSR count). The van der Waals surface area contributed by atoms with E-state index >= 15 is 0 Å². The van der Waals surface area contributed by atoms with E-state index in [4.69, 9.17) is 0 Å². The van der Waals surface area contributed by atoms with Crippen LogP contribution < -0.4 is 5.32 Å². The summed E-state index contributed by atoms with van der Waals surface area (Å²) in [6.45, 7) is 5.07. The predicted octanol–water partition coefficient (Wildman–Crippen LogP) is 4.63. The van der Waals surface area contributed by atoms with Crippen molar-refractivity contribution >= 4 is 28.4 Å². The minimum Gasteiger partial charge on any atom is -0.354 e. The number of fused-ring (bicyclic) bond motifs is 1. The van der Waals surface area contributed by atoms with E-state index in [-0.39, 0.29) is 11.7 Å². The summed E-state index contributed by atoms with van der Waals surface area (Å²) in [4.78, 5) is 35.7. The number of aryl methyl sites for hydroxylation is 1. The van der Waals surface area contributed by atoms with E-state index in [9.17, 15) is 9.59 Å². The van der Waals surface area contributed by atoms with Gasteiger partial charge >= 0.3 is 0 Å². The van der Waals surface area contributed by atoms with Crippen molar-refractivity contribution in [1.82, 2.24) is 15.0 Å². The summed E-state index contributed by atoms with van der Waals surface area (Å²) < 4.78 is 0. The highest BCUT2D eigenvalue weighted by atomic mass is 16.2. The van der Waals surface area contributed by atoms with Crippen LogP contribution >= 0.6 is 0 Å². The van der Waals surface area contributed by atoms with Gasteiger partial charge in [0.1, 0.15) is 11.5 Å². The van der Waals surface area contributed by atoms with Gasteiger partial charge in [-0.15, -0.1) is 0 Å². The first-order chi connectivity index (χ1) is 13.5. The number of rotatable bonds is 4. The van der Waals surface area contributed by atoms with Gasteiger partial charge in [-0.1, -0.05) is 24.3 Å². The third-order valence-electron chi connectivity index (χ3n) is 4.84. The molecule has 0 radical (unpaired) electrons. The van der Waals surface area contributed by atoms with Crippen LogP contribution in [0.2, 0.25) is 0 Å². The molecule has 0 bridgehead atoms. The van der Waals surface area contributed by atoms with Crippen molar-refractivity contribution in [3.63, 3.8) is 0 Å². The molecule has 0 aliphatic carbocycles. The lowest BCUT2D eigenvalue weighted by Crippen LogP contribution is -2.14. The number of anilines is 1. The van der Waals surface area contributed by atoms with Crippen molar-refractivity contribution in [3.8, 4) is 11.4 Å². The average molecular weight is 372 g/mol. The van der Waals surface area contributed by atoms with Gasteiger partial charge in [-0.3, -0.25) is 9.59 Å². The van der Waals surface area contributed by atoms with Crippen molar-refractivity contribution in [1.29, 1.82) is 0 Å². The number of carbonyl (C=O) groups excluding carboxylic acids is 2. The first kappa shape index (κ1) is 17.7. The van der Waals surface area contributed by atoms with Crippen molar-refractivity contribution in [2.24, 2.45) is 0 Å². The van der Waals surface area contributed by atoms with Gasteiger partial charge in [-0.2, -0.15) is 0 Å². The molecular weight excluding hydrogens is 352 g/mol. The van der Waals surface area contributed by atoms with Crippen LogP contribution in [-0.2, 0) is 0 Å². The topological polar surface area (TPSA) is 90.6 Å². The Morgan fingerprint density at radius 2 is 1.68 bits per heavy atom. The molecule has 0 saturated heterocycles. The molecule has 140 valence electrons. The first-order valence-electron chi connectivity index (χ1n) is 9.01. The fourth-order valence-corrected chi connectivity index (χ4v) is 3.57. The minimum absolute atomic E-state index is 0.0621. The lowest BCUT2D eigenvalue weighted by Gasteiger charge is -2.09. The Labute approximate surface area is 162 Å². The fraction of sp³-hybridized carbons (Fsp3) is 0.136. The van der Waals surface area contributed by atoms with E-state index in [1.54, 1.807) is 13.8 Å². The third kappa shape index (κ3) is 2.99. The molecule has 3 N–H and O–H groups in total. The average Bonchev–Trinajstić information content (AvgIpc) is 3.22. The fourth-order valence-electron chi connectivity index (χ4n) is 3.57. The molecule has 4 aromatic rings. The molecule has 28 heavy (non-hydrogen) atoms. The van der Waals surface area contributed by atoms with Crippen LogP contribution in [0.1, 0.15) is 39.0 Å². The molecule has 0 spiro atoms. The Bertz CT molecular complexity index is 1180. The smallest absolute Gasteiger partial charge is 0.272 e. The number of hydrogen-bond donors (Lipinski definition) is 3. The van der Waals surface area contributed by atoms with E-state index in [2.05, 4.69) is 20.3 Å². The zero-order valence-electron chi connectivity index (χ0n) is 15.9. The summed E-state index contributed by atoms with van der Waals surface area (Å²) >= 11 is 0. The van der Waals surface area contributed by atoms with Gasteiger partial charge in [-0.25, -0.2) is 4.98 Å². The lowest BCUT2D eigenvalue weighted by atomic mass is 10.1. The molecule has 2 aromatic carbocycles. The SMILES string of the molecule is CC(=O)c1c(C)[nH]c(C(=O)Nc2ccccc2-c2nc3ccccc3[nH]2)c1C. The number of amides is 1. The van der Waals surface area contributed by atoms with Crippen LogP contribution in [0.3, 0.4) is 0 Å². The van der Waals surface area contributed by atoms with Crippen LogP contribution in [-0.4, -0.2) is 26.6 Å². The molecule has 6 nitrogen and oxygen atoms in total. The molecule has 0 fully saturated rings. The Morgan fingerprint density at radius 1 is 0.964 bits per heavy atom. The van der Waals surface area contributed by atoms with Crippen LogP contribution in [0.5, 0.6) is 0 Å². The number of benzene rings is 2. The number of H-pyrrole nitrogens is 2. The number of imidazole rings is 1. The van der Waals surface area contributed by atoms with Gasteiger partial charge in [0.2, 0.25) is 0 Å². The van der Waals surface area contributed by atoms with Gasteiger partial charge < -0.3 is 15.3 Å². The summed E-state index contributed by atoms with van der Waals surface area (Å²) in [7, 11) is 0. The number of carbonyl (C=O) groups is 2. The molecule has 0 atom stereocenters. The Hall–Kier alpha value is -3.67. The Kier molecular flexibility index (Phi) is 4.31. The zero-order chi connectivity index (χ0) is 19.8. The normalized spacial score (nSPS) is 11.0. The third-order valence-corrected chi connectivity index (χ3v) is 4.84. The molecule has 0 saturated carbocycles. The zero-order valence-corrected chi connectivity index (χ0v) is 15.9. The molecule has 0 unspecified atom stereocenters. The summed E-state index contributed by atoms with van der Waals surface area (Å²) in [5, 5.41) is 2.95. The molecule has 0 aliphatic heterocycles. The van der Waals surface area contributed by atoms with E-state index in [1.165, 1.54) is 6.92 Å². The Morgan fingerprint density at radius 3 is 2.39 bits per heavy atom. The van der Waals surface area contributed by atoms with Gasteiger partial charge in [0, 0.05) is 16.8 Å².